The maximum Gasteiger partial charge on any atom is 0.0558 e. The topological polar surface area (TPSA) is 38.7 Å². The van der Waals surface area contributed by atoms with Crippen LogP contribution in [-0.4, -0.2) is 55.9 Å². The Kier molecular flexibility index (Phi) is 6.96. The van der Waals surface area contributed by atoms with Crippen molar-refractivity contribution in [1.82, 2.24) is 10.2 Å². The van der Waals surface area contributed by atoms with E-state index >= 15 is 0 Å². The standard InChI is InChI=1S/C16H26BrN3O/c1-2-5-18-13-14-3-4-15(17)12-16(14)20-8-6-19(7-9-20)10-11-21/h3-4,12,18,21H,2,5-11,13H2,1H3. The van der Waals surface area contributed by atoms with Crippen molar-refractivity contribution in [2.24, 2.45) is 0 Å². The molecule has 4 nitrogen and oxygen atoms in total. The van der Waals surface area contributed by atoms with Crippen molar-refractivity contribution >= 4 is 21.6 Å². The minimum Gasteiger partial charge on any atom is -0.395 e. The largest absolute Gasteiger partial charge is 0.395 e. The number of benzene rings is 1. The fourth-order valence-electron chi connectivity index (χ4n) is 2.73. The molecule has 0 atom stereocenters. The van der Waals surface area contributed by atoms with Crippen LogP contribution in [0.4, 0.5) is 5.69 Å². The second-order valence-electron chi connectivity index (χ2n) is 5.50. The monoisotopic (exact) mass is 355 g/mol. The van der Waals surface area contributed by atoms with Crippen molar-refractivity contribution < 1.29 is 5.11 Å². The number of rotatable bonds is 7. The number of nitrogens with zero attached hydrogens (tertiary/aromatic N) is 2. The number of hydrogen-bond acceptors (Lipinski definition) is 4. The normalized spacial score (nSPS) is 16.4. The fraction of sp³-hybridized carbons (Fsp3) is 0.625. The van der Waals surface area contributed by atoms with E-state index in [0.717, 1.165) is 56.7 Å². The van der Waals surface area contributed by atoms with Gasteiger partial charge >= 0.3 is 0 Å². The minimum atomic E-state index is 0.253. The van der Waals surface area contributed by atoms with E-state index in [4.69, 9.17) is 5.11 Å². The highest BCUT2D eigenvalue weighted by Crippen LogP contribution is 2.26. The number of anilines is 1. The van der Waals surface area contributed by atoms with Gasteiger partial charge in [-0.15, -0.1) is 0 Å². The molecule has 1 aromatic rings. The average molecular weight is 356 g/mol. The van der Waals surface area contributed by atoms with Crippen molar-refractivity contribution in [2.75, 3.05) is 50.8 Å². The van der Waals surface area contributed by atoms with Crippen molar-refractivity contribution in [3.63, 3.8) is 0 Å². The van der Waals surface area contributed by atoms with Gasteiger partial charge in [0.15, 0.2) is 0 Å². The van der Waals surface area contributed by atoms with Crippen LogP contribution in [0.2, 0.25) is 0 Å². The van der Waals surface area contributed by atoms with Crippen LogP contribution in [0.15, 0.2) is 22.7 Å². The smallest absolute Gasteiger partial charge is 0.0558 e. The molecule has 1 fully saturated rings. The zero-order chi connectivity index (χ0) is 15.1. The van der Waals surface area contributed by atoms with E-state index in [9.17, 15) is 0 Å². The van der Waals surface area contributed by atoms with Gasteiger partial charge in [0, 0.05) is 49.4 Å². The summed E-state index contributed by atoms with van der Waals surface area (Å²) in [6.45, 7) is 9.31. The quantitative estimate of drug-likeness (QED) is 0.734. The number of nitrogens with one attached hydrogen (secondary N) is 1. The van der Waals surface area contributed by atoms with Gasteiger partial charge in [0.1, 0.15) is 0 Å². The Balaban J connectivity index is 2.02. The molecule has 0 aromatic heterocycles. The first-order chi connectivity index (χ1) is 10.2. The van der Waals surface area contributed by atoms with Gasteiger partial charge in [-0.1, -0.05) is 28.9 Å². The van der Waals surface area contributed by atoms with Crippen LogP contribution in [0.5, 0.6) is 0 Å². The molecule has 0 spiro atoms. The maximum absolute atomic E-state index is 9.03. The van der Waals surface area contributed by atoms with Crippen molar-refractivity contribution in [2.45, 2.75) is 19.9 Å². The third kappa shape index (κ3) is 4.95. The molecule has 0 saturated carbocycles. The van der Waals surface area contributed by atoms with Crippen LogP contribution in [0.1, 0.15) is 18.9 Å². The maximum atomic E-state index is 9.03. The lowest BCUT2D eigenvalue weighted by Crippen LogP contribution is -2.47. The molecule has 2 N–H and O–H groups in total. The third-order valence-electron chi connectivity index (χ3n) is 3.92. The zero-order valence-corrected chi connectivity index (χ0v) is 14.4. The molecular weight excluding hydrogens is 330 g/mol. The lowest BCUT2D eigenvalue weighted by atomic mass is 10.1. The van der Waals surface area contributed by atoms with E-state index in [2.05, 4.69) is 56.2 Å². The Morgan fingerprint density at radius 3 is 2.67 bits per heavy atom. The molecule has 1 aliphatic heterocycles. The minimum absolute atomic E-state index is 0.253. The van der Waals surface area contributed by atoms with Gasteiger partial charge in [-0.2, -0.15) is 0 Å². The van der Waals surface area contributed by atoms with Gasteiger partial charge in [0.25, 0.3) is 0 Å². The van der Waals surface area contributed by atoms with Crippen LogP contribution in [-0.2, 0) is 6.54 Å². The number of β-amino-alcohol motifs (C(OH)–C–C–N with tert-alkyl or cyclic N) is 1. The van der Waals surface area contributed by atoms with E-state index in [1.165, 1.54) is 11.3 Å². The summed E-state index contributed by atoms with van der Waals surface area (Å²) < 4.78 is 1.13. The first-order valence-corrected chi connectivity index (χ1v) is 8.61. The summed E-state index contributed by atoms with van der Waals surface area (Å²) in [5, 5.41) is 12.5. The number of hydrogen-bond donors (Lipinski definition) is 2. The number of aliphatic hydroxyl groups excluding tert-OH is 1. The average Bonchev–Trinajstić information content (AvgIpc) is 2.50. The predicted octanol–water partition coefficient (Wildman–Crippen LogP) is 2.06. The Bertz CT molecular complexity index is 434. The molecule has 1 aromatic carbocycles. The molecule has 21 heavy (non-hydrogen) atoms. The van der Waals surface area contributed by atoms with Gasteiger partial charge in [0.2, 0.25) is 0 Å². The Labute approximate surface area is 136 Å². The van der Waals surface area contributed by atoms with E-state index in [-0.39, 0.29) is 6.61 Å². The summed E-state index contributed by atoms with van der Waals surface area (Å²) in [5.74, 6) is 0. The second kappa shape index (κ2) is 8.73. The molecule has 118 valence electrons. The molecule has 0 bridgehead atoms. The molecule has 0 aliphatic carbocycles. The summed E-state index contributed by atoms with van der Waals surface area (Å²) in [4.78, 5) is 4.78. The Morgan fingerprint density at radius 2 is 2.00 bits per heavy atom. The van der Waals surface area contributed by atoms with Crippen LogP contribution < -0.4 is 10.2 Å². The highest BCUT2D eigenvalue weighted by molar-refractivity contribution is 9.10. The van der Waals surface area contributed by atoms with Gasteiger partial charge in [-0.05, 0) is 30.7 Å². The van der Waals surface area contributed by atoms with Crippen molar-refractivity contribution in [3.05, 3.63) is 28.2 Å². The molecule has 1 heterocycles. The van der Waals surface area contributed by atoms with Gasteiger partial charge in [0.05, 0.1) is 6.61 Å². The van der Waals surface area contributed by atoms with E-state index in [1.807, 2.05) is 0 Å². The Hall–Kier alpha value is -0.620. The number of aliphatic hydroxyl groups is 1. The summed E-state index contributed by atoms with van der Waals surface area (Å²) >= 11 is 3.59. The zero-order valence-electron chi connectivity index (χ0n) is 12.8. The highest BCUT2D eigenvalue weighted by atomic mass is 79.9. The molecule has 1 saturated heterocycles. The number of halogens is 1. The van der Waals surface area contributed by atoms with E-state index in [1.54, 1.807) is 0 Å². The molecule has 0 unspecified atom stereocenters. The first kappa shape index (κ1) is 16.7. The molecule has 0 amide bonds. The fourth-order valence-corrected chi connectivity index (χ4v) is 3.08. The van der Waals surface area contributed by atoms with E-state index < -0.39 is 0 Å². The first-order valence-electron chi connectivity index (χ1n) is 7.82. The van der Waals surface area contributed by atoms with Crippen LogP contribution in [0, 0.1) is 0 Å². The van der Waals surface area contributed by atoms with Crippen molar-refractivity contribution in [3.8, 4) is 0 Å². The highest BCUT2D eigenvalue weighted by Gasteiger charge is 2.18. The molecule has 5 heteroatoms. The second-order valence-corrected chi connectivity index (χ2v) is 6.42. The van der Waals surface area contributed by atoms with Crippen LogP contribution >= 0.6 is 15.9 Å². The lowest BCUT2D eigenvalue weighted by molar-refractivity contribution is 0.188. The summed E-state index contributed by atoms with van der Waals surface area (Å²) in [5.41, 5.74) is 2.69. The van der Waals surface area contributed by atoms with Crippen LogP contribution in [0.3, 0.4) is 0 Å². The summed E-state index contributed by atoms with van der Waals surface area (Å²) in [6, 6.07) is 6.56. The van der Waals surface area contributed by atoms with Gasteiger partial charge in [-0.25, -0.2) is 0 Å². The molecule has 0 radical (unpaired) electrons. The molecule has 1 aliphatic rings. The number of piperazine rings is 1. The third-order valence-corrected chi connectivity index (χ3v) is 4.41. The lowest BCUT2D eigenvalue weighted by Gasteiger charge is -2.37. The SMILES string of the molecule is CCCNCc1ccc(Br)cc1N1CCN(CCO)CC1. The predicted molar refractivity (Wildman–Crippen MR) is 91.9 cm³/mol. The summed E-state index contributed by atoms with van der Waals surface area (Å²) in [6.07, 6.45) is 1.16. The van der Waals surface area contributed by atoms with Gasteiger partial charge < -0.3 is 15.3 Å². The van der Waals surface area contributed by atoms with Gasteiger partial charge in [-0.3, -0.25) is 4.90 Å². The summed E-state index contributed by atoms with van der Waals surface area (Å²) in [7, 11) is 0. The van der Waals surface area contributed by atoms with Crippen molar-refractivity contribution in [1.29, 1.82) is 0 Å². The van der Waals surface area contributed by atoms with E-state index in [0.29, 0.717) is 0 Å². The Morgan fingerprint density at radius 1 is 1.24 bits per heavy atom. The molecule has 2 rings (SSSR count). The molecular formula is C16H26BrN3O. The van der Waals surface area contributed by atoms with Crippen LogP contribution in [0.25, 0.3) is 0 Å².